The molecule has 1 nitrogen and oxygen atoms in total. The molecule has 266 valence electrons. The fourth-order valence-electron chi connectivity index (χ4n) is 11.3. The molecule has 0 amide bonds. The molecule has 9 aromatic carbocycles. The first kappa shape index (κ1) is 31.3. The van der Waals surface area contributed by atoms with Gasteiger partial charge in [-0.1, -0.05) is 164 Å². The lowest BCUT2D eigenvalue weighted by molar-refractivity contribution is 0.799. The maximum Gasteiger partial charge on any atom is 0.0731 e. The van der Waals surface area contributed by atoms with E-state index in [9.17, 15) is 0 Å². The van der Waals surface area contributed by atoms with Crippen LogP contribution in [0.2, 0.25) is 0 Å². The first-order valence-corrected chi connectivity index (χ1v) is 20.3. The topological polar surface area (TPSA) is 3.24 Å². The number of hydrogen-bond donors (Lipinski definition) is 0. The molecular weight excluding hydrogens is 687 g/mol. The molecule has 0 saturated carbocycles. The van der Waals surface area contributed by atoms with Crippen molar-refractivity contribution in [2.45, 2.75) is 24.8 Å². The van der Waals surface area contributed by atoms with E-state index in [0.717, 1.165) is 19.4 Å². The summed E-state index contributed by atoms with van der Waals surface area (Å²) >= 11 is 0. The smallest absolute Gasteiger partial charge is 0.0731 e. The van der Waals surface area contributed by atoms with Gasteiger partial charge < -0.3 is 4.90 Å². The van der Waals surface area contributed by atoms with Crippen molar-refractivity contribution >= 4 is 22.1 Å². The minimum absolute atomic E-state index is 0.418. The van der Waals surface area contributed by atoms with Gasteiger partial charge in [-0.15, -0.1) is 0 Å². The van der Waals surface area contributed by atoms with Crippen LogP contribution in [-0.4, -0.2) is 0 Å². The van der Waals surface area contributed by atoms with Crippen LogP contribution in [0.15, 0.2) is 188 Å². The van der Waals surface area contributed by atoms with Gasteiger partial charge in [0.2, 0.25) is 0 Å². The number of rotatable bonds is 4. The van der Waals surface area contributed by atoms with Gasteiger partial charge in [0.05, 0.1) is 5.41 Å². The number of fused-ring (bicyclic) bond motifs is 18. The van der Waals surface area contributed by atoms with E-state index in [0.29, 0.717) is 0 Å². The van der Waals surface area contributed by atoms with Gasteiger partial charge in [0.15, 0.2) is 0 Å². The van der Waals surface area contributed by atoms with Crippen molar-refractivity contribution in [2.75, 3.05) is 4.90 Å². The summed E-state index contributed by atoms with van der Waals surface area (Å²) in [6, 6.07) is 71.4. The standard InChI is InChI=1S/C56H37N/c1-6-18-47-35(12-1)24-27-49-48-19-7-9-21-51(48)56(55(47)49)52-22-10-8-20-50(52)54-38(15-11-23-53(54)56)34-57(41-25-28-45-39(32-41)30-36-13-2-4-16-43(36)45)42-26-29-46-40(33-42)31-37-14-3-5-17-44(37)46/h1-29,32-33H,30-31,34H2. The van der Waals surface area contributed by atoms with Crippen molar-refractivity contribution in [3.8, 4) is 44.5 Å². The molecule has 0 saturated heterocycles. The summed E-state index contributed by atoms with van der Waals surface area (Å²) in [4.78, 5) is 2.59. The van der Waals surface area contributed by atoms with Crippen molar-refractivity contribution < 1.29 is 0 Å². The van der Waals surface area contributed by atoms with Gasteiger partial charge in [0.1, 0.15) is 0 Å². The maximum absolute atomic E-state index is 2.59. The van der Waals surface area contributed by atoms with E-state index in [-0.39, 0.29) is 0 Å². The van der Waals surface area contributed by atoms with Gasteiger partial charge in [-0.05, 0) is 142 Å². The molecule has 4 aliphatic carbocycles. The Morgan fingerprint density at radius 1 is 0.386 bits per heavy atom. The molecule has 4 aliphatic rings. The second kappa shape index (κ2) is 11.5. The first-order valence-electron chi connectivity index (χ1n) is 20.3. The van der Waals surface area contributed by atoms with Crippen LogP contribution in [0.3, 0.4) is 0 Å². The second-order valence-corrected chi connectivity index (χ2v) is 16.3. The Labute approximate surface area is 333 Å². The van der Waals surface area contributed by atoms with Crippen LogP contribution >= 0.6 is 0 Å². The third kappa shape index (κ3) is 4.18. The summed E-state index contributed by atoms with van der Waals surface area (Å²) in [5, 5.41) is 2.62. The van der Waals surface area contributed by atoms with Crippen LogP contribution in [-0.2, 0) is 24.8 Å². The highest BCUT2D eigenvalue weighted by Gasteiger charge is 2.52. The summed E-state index contributed by atoms with van der Waals surface area (Å²) in [5.41, 5.74) is 25.5. The third-order valence-electron chi connectivity index (χ3n) is 13.6. The Morgan fingerprint density at radius 3 is 1.61 bits per heavy atom. The largest absolute Gasteiger partial charge is 0.337 e. The molecule has 0 aromatic heterocycles. The van der Waals surface area contributed by atoms with E-state index in [1.807, 2.05) is 0 Å². The van der Waals surface area contributed by atoms with Crippen molar-refractivity contribution in [2.24, 2.45) is 0 Å². The number of anilines is 2. The maximum atomic E-state index is 2.59. The minimum atomic E-state index is -0.418. The number of benzene rings is 9. The lowest BCUT2D eigenvalue weighted by atomic mass is 9.69. The van der Waals surface area contributed by atoms with Crippen molar-refractivity contribution in [3.63, 3.8) is 0 Å². The zero-order valence-electron chi connectivity index (χ0n) is 31.5. The molecule has 0 aliphatic heterocycles. The van der Waals surface area contributed by atoms with Crippen LogP contribution in [0.25, 0.3) is 55.3 Å². The molecule has 0 heterocycles. The fraction of sp³-hybridized carbons (Fsp3) is 0.0714. The third-order valence-corrected chi connectivity index (χ3v) is 13.6. The lowest BCUT2D eigenvalue weighted by Gasteiger charge is -2.32. The van der Waals surface area contributed by atoms with Gasteiger partial charge in [-0.2, -0.15) is 0 Å². The Balaban J connectivity index is 1.03. The molecule has 1 heteroatoms. The van der Waals surface area contributed by atoms with Crippen LogP contribution in [0, 0.1) is 0 Å². The van der Waals surface area contributed by atoms with Crippen molar-refractivity contribution in [1.29, 1.82) is 0 Å². The van der Waals surface area contributed by atoms with Crippen molar-refractivity contribution in [3.05, 3.63) is 238 Å². The molecule has 0 bridgehead atoms. The van der Waals surface area contributed by atoms with E-state index in [1.54, 1.807) is 0 Å². The van der Waals surface area contributed by atoms with Gasteiger partial charge in [-0.3, -0.25) is 0 Å². The van der Waals surface area contributed by atoms with E-state index in [4.69, 9.17) is 0 Å². The summed E-state index contributed by atoms with van der Waals surface area (Å²) in [6.45, 7) is 0.745. The Kier molecular flexibility index (Phi) is 6.33. The molecule has 0 N–H and O–H groups in total. The average Bonchev–Trinajstić information content (AvgIpc) is 4.00. The molecule has 0 fully saturated rings. The van der Waals surface area contributed by atoms with Crippen LogP contribution in [0.5, 0.6) is 0 Å². The Morgan fingerprint density at radius 2 is 0.912 bits per heavy atom. The van der Waals surface area contributed by atoms with E-state index in [1.165, 1.54) is 117 Å². The normalized spacial score (nSPS) is 15.7. The molecule has 9 aromatic rings. The van der Waals surface area contributed by atoms with Gasteiger partial charge in [-0.25, -0.2) is 0 Å². The summed E-state index contributed by atoms with van der Waals surface area (Å²) in [7, 11) is 0. The molecule has 13 rings (SSSR count). The van der Waals surface area contributed by atoms with E-state index < -0.39 is 5.41 Å². The quantitative estimate of drug-likeness (QED) is 0.175. The summed E-state index contributed by atoms with van der Waals surface area (Å²) in [6.07, 6.45) is 1.94. The van der Waals surface area contributed by atoms with Crippen molar-refractivity contribution in [1.82, 2.24) is 0 Å². The number of hydrogen-bond acceptors (Lipinski definition) is 1. The number of nitrogens with zero attached hydrogens (tertiary/aromatic N) is 1. The highest BCUT2D eigenvalue weighted by atomic mass is 15.1. The Bertz CT molecular complexity index is 3090. The predicted molar refractivity (Wildman–Crippen MR) is 235 cm³/mol. The second-order valence-electron chi connectivity index (χ2n) is 16.3. The molecule has 0 radical (unpaired) electrons. The molecule has 1 unspecified atom stereocenters. The molecule has 1 atom stereocenters. The summed E-state index contributed by atoms with van der Waals surface area (Å²) in [5.74, 6) is 0. The predicted octanol–water partition coefficient (Wildman–Crippen LogP) is 13.7. The molecular formula is C56H37N. The van der Waals surface area contributed by atoms with Crippen LogP contribution < -0.4 is 4.90 Å². The van der Waals surface area contributed by atoms with E-state index >= 15 is 0 Å². The SMILES string of the molecule is c1ccc2c(c1)Cc1cc(N(Cc3cccc4c3-c3ccccc3C43c4ccccc4-c4ccc5ccccc5c43)c3ccc4c(c3)Cc3ccccc3-4)ccc1-2. The van der Waals surface area contributed by atoms with Crippen LogP contribution in [0.4, 0.5) is 11.4 Å². The van der Waals surface area contributed by atoms with Gasteiger partial charge >= 0.3 is 0 Å². The first-order chi connectivity index (χ1) is 28.3. The zero-order valence-corrected chi connectivity index (χ0v) is 31.5. The highest BCUT2D eigenvalue weighted by Crippen LogP contribution is 2.64. The monoisotopic (exact) mass is 723 g/mol. The fourth-order valence-corrected chi connectivity index (χ4v) is 11.3. The molecule has 1 spiro atoms. The van der Waals surface area contributed by atoms with Crippen LogP contribution in [0.1, 0.15) is 50.1 Å². The highest BCUT2D eigenvalue weighted by molar-refractivity contribution is 6.04. The Hall–Kier alpha value is -6.96. The molecule has 57 heavy (non-hydrogen) atoms. The minimum Gasteiger partial charge on any atom is -0.337 e. The zero-order chi connectivity index (χ0) is 37.2. The van der Waals surface area contributed by atoms with Gasteiger partial charge in [0.25, 0.3) is 0 Å². The summed E-state index contributed by atoms with van der Waals surface area (Å²) < 4.78 is 0. The lowest BCUT2D eigenvalue weighted by Crippen LogP contribution is -2.26. The van der Waals surface area contributed by atoms with Gasteiger partial charge in [0, 0.05) is 17.9 Å². The van der Waals surface area contributed by atoms with E-state index in [2.05, 4.69) is 193 Å². The average molecular weight is 724 g/mol.